The third-order valence-corrected chi connectivity index (χ3v) is 3.81. The molecular formula is C16H20N2O5. The molecule has 124 valence electrons. The molecule has 0 unspecified atom stereocenters. The van der Waals surface area contributed by atoms with Crippen LogP contribution < -0.4 is 10.5 Å². The normalized spacial score (nSPS) is 17.4. The van der Waals surface area contributed by atoms with Gasteiger partial charge in [-0.3, -0.25) is 9.59 Å². The summed E-state index contributed by atoms with van der Waals surface area (Å²) in [6.45, 7) is 0.828. The molecule has 1 fully saturated rings. The van der Waals surface area contributed by atoms with Gasteiger partial charge in [-0.15, -0.1) is 0 Å². The minimum absolute atomic E-state index is 0.122. The molecule has 1 atom stereocenters. The third kappa shape index (κ3) is 4.45. The van der Waals surface area contributed by atoms with E-state index in [1.54, 1.807) is 29.2 Å². The maximum atomic E-state index is 12.1. The second-order valence-electron chi connectivity index (χ2n) is 5.39. The summed E-state index contributed by atoms with van der Waals surface area (Å²) in [6.07, 6.45) is 1.47. The molecule has 2 rings (SSSR count). The molecule has 1 aromatic rings. The third-order valence-electron chi connectivity index (χ3n) is 3.81. The number of piperidine rings is 1. The summed E-state index contributed by atoms with van der Waals surface area (Å²) >= 11 is 0. The first kappa shape index (κ1) is 16.8. The van der Waals surface area contributed by atoms with Crippen molar-refractivity contribution in [2.24, 2.45) is 11.7 Å². The van der Waals surface area contributed by atoms with E-state index in [4.69, 9.17) is 10.5 Å². The summed E-state index contributed by atoms with van der Waals surface area (Å²) in [5, 5.41) is 0. The van der Waals surface area contributed by atoms with Gasteiger partial charge in [-0.1, -0.05) is 0 Å². The molecule has 0 radical (unpaired) electrons. The van der Waals surface area contributed by atoms with Crippen molar-refractivity contribution >= 4 is 17.8 Å². The number of nitrogens with zero attached hydrogens (tertiary/aromatic N) is 1. The minimum atomic E-state index is -0.432. The molecule has 1 saturated heterocycles. The Morgan fingerprint density at radius 3 is 2.57 bits per heavy atom. The van der Waals surface area contributed by atoms with Crippen LogP contribution in [-0.4, -0.2) is 49.5 Å². The molecule has 7 heteroatoms. The molecule has 0 spiro atoms. The molecule has 0 saturated carbocycles. The van der Waals surface area contributed by atoms with Gasteiger partial charge in [0.05, 0.1) is 18.6 Å². The molecule has 7 nitrogen and oxygen atoms in total. The number of methoxy groups -OCH3 is 1. The monoisotopic (exact) mass is 320 g/mol. The van der Waals surface area contributed by atoms with Crippen LogP contribution in [0, 0.1) is 5.92 Å². The highest BCUT2D eigenvalue weighted by Gasteiger charge is 2.27. The van der Waals surface area contributed by atoms with Gasteiger partial charge >= 0.3 is 5.97 Å². The van der Waals surface area contributed by atoms with Gasteiger partial charge in [-0.05, 0) is 37.1 Å². The molecule has 1 aliphatic heterocycles. The van der Waals surface area contributed by atoms with Gasteiger partial charge in [0.15, 0.2) is 6.61 Å². The minimum Gasteiger partial charge on any atom is -0.484 e. The average molecular weight is 320 g/mol. The summed E-state index contributed by atoms with van der Waals surface area (Å²) < 4.78 is 10.0. The van der Waals surface area contributed by atoms with Crippen LogP contribution >= 0.6 is 0 Å². The fourth-order valence-electron chi connectivity index (χ4n) is 2.48. The van der Waals surface area contributed by atoms with E-state index in [-0.39, 0.29) is 24.3 Å². The summed E-state index contributed by atoms with van der Waals surface area (Å²) in [6, 6.07) is 6.33. The molecule has 0 aliphatic carbocycles. The van der Waals surface area contributed by atoms with Crippen molar-refractivity contribution in [2.75, 3.05) is 26.8 Å². The zero-order chi connectivity index (χ0) is 16.8. The van der Waals surface area contributed by atoms with Gasteiger partial charge in [-0.25, -0.2) is 4.79 Å². The van der Waals surface area contributed by atoms with E-state index in [9.17, 15) is 14.4 Å². The van der Waals surface area contributed by atoms with Crippen LogP contribution in [0.15, 0.2) is 24.3 Å². The molecule has 0 bridgehead atoms. The SMILES string of the molecule is COC(=O)c1ccc(OCC(=O)N2CCC[C@@H](C(N)=O)C2)cc1. The Hall–Kier alpha value is -2.57. The first-order chi connectivity index (χ1) is 11.0. The van der Waals surface area contributed by atoms with Crippen molar-refractivity contribution < 1.29 is 23.9 Å². The van der Waals surface area contributed by atoms with E-state index >= 15 is 0 Å². The van der Waals surface area contributed by atoms with Crippen molar-refractivity contribution in [3.05, 3.63) is 29.8 Å². The fraction of sp³-hybridized carbons (Fsp3) is 0.438. The smallest absolute Gasteiger partial charge is 0.337 e. The highest BCUT2D eigenvalue weighted by atomic mass is 16.5. The van der Waals surface area contributed by atoms with Gasteiger partial charge in [0.2, 0.25) is 5.91 Å². The first-order valence-corrected chi connectivity index (χ1v) is 7.39. The van der Waals surface area contributed by atoms with Crippen LogP contribution in [-0.2, 0) is 14.3 Å². The standard InChI is InChI=1S/C16H20N2O5/c1-22-16(21)11-4-6-13(7-5-11)23-10-14(19)18-8-2-3-12(9-18)15(17)20/h4-7,12H,2-3,8-10H2,1H3,(H2,17,20)/t12-/m1/s1. The zero-order valence-electron chi connectivity index (χ0n) is 13.0. The van der Waals surface area contributed by atoms with E-state index in [0.717, 1.165) is 12.8 Å². The average Bonchev–Trinajstić information content (AvgIpc) is 2.59. The van der Waals surface area contributed by atoms with Crippen LogP contribution in [0.1, 0.15) is 23.2 Å². The van der Waals surface area contributed by atoms with Crippen LogP contribution in [0.3, 0.4) is 0 Å². The predicted molar refractivity (Wildman–Crippen MR) is 81.8 cm³/mol. The van der Waals surface area contributed by atoms with E-state index in [1.807, 2.05) is 0 Å². The summed E-state index contributed by atoms with van der Waals surface area (Å²) in [7, 11) is 1.31. The molecule has 1 aromatic carbocycles. The van der Waals surface area contributed by atoms with E-state index < -0.39 is 5.97 Å². The van der Waals surface area contributed by atoms with Crippen LogP contribution in [0.4, 0.5) is 0 Å². The number of nitrogens with two attached hydrogens (primary N) is 1. The lowest BCUT2D eigenvalue weighted by atomic mass is 9.97. The lowest BCUT2D eigenvalue weighted by Crippen LogP contribution is -2.45. The van der Waals surface area contributed by atoms with Crippen molar-refractivity contribution in [1.29, 1.82) is 0 Å². The number of hydrogen-bond donors (Lipinski definition) is 1. The fourth-order valence-corrected chi connectivity index (χ4v) is 2.48. The molecule has 2 amide bonds. The predicted octanol–water partition coefficient (Wildman–Crippen LogP) is 0.576. The molecule has 23 heavy (non-hydrogen) atoms. The topological polar surface area (TPSA) is 98.9 Å². The zero-order valence-corrected chi connectivity index (χ0v) is 13.0. The van der Waals surface area contributed by atoms with Crippen LogP contribution in [0.5, 0.6) is 5.75 Å². The van der Waals surface area contributed by atoms with Gasteiger partial charge in [0.25, 0.3) is 5.91 Å². The Morgan fingerprint density at radius 2 is 1.96 bits per heavy atom. The van der Waals surface area contributed by atoms with Crippen molar-refractivity contribution in [3.63, 3.8) is 0 Å². The molecule has 0 aromatic heterocycles. The van der Waals surface area contributed by atoms with Crippen molar-refractivity contribution in [2.45, 2.75) is 12.8 Å². The quantitative estimate of drug-likeness (QED) is 0.800. The molecule has 1 aliphatic rings. The van der Waals surface area contributed by atoms with Gasteiger partial charge in [0.1, 0.15) is 5.75 Å². The van der Waals surface area contributed by atoms with E-state index in [1.165, 1.54) is 7.11 Å². The van der Waals surface area contributed by atoms with E-state index in [2.05, 4.69) is 4.74 Å². The first-order valence-electron chi connectivity index (χ1n) is 7.39. The van der Waals surface area contributed by atoms with E-state index in [0.29, 0.717) is 24.4 Å². The van der Waals surface area contributed by atoms with Gasteiger partial charge < -0.3 is 20.1 Å². The number of esters is 1. The lowest BCUT2D eigenvalue weighted by molar-refractivity contribution is -0.136. The number of hydrogen-bond acceptors (Lipinski definition) is 5. The van der Waals surface area contributed by atoms with Gasteiger partial charge in [0, 0.05) is 13.1 Å². The Balaban J connectivity index is 1.86. The number of likely N-dealkylation sites (tertiary alicyclic amines) is 1. The highest BCUT2D eigenvalue weighted by molar-refractivity contribution is 5.89. The second-order valence-corrected chi connectivity index (χ2v) is 5.39. The number of primary amides is 1. The molecule has 1 heterocycles. The Bertz CT molecular complexity index is 585. The molecule has 2 N–H and O–H groups in total. The molecular weight excluding hydrogens is 300 g/mol. The van der Waals surface area contributed by atoms with Crippen LogP contribution in [0.2, 0.25) is 0 Å². The number of rotatable bonds is 5. The largest absolute Gasteiger partial charge is 0.484 e. The summed E-state index contributed by atoms with van der Waals surface area (Å²) in [4.78, 5) is 36.3. The maximum absolute atomic E-state index is 12.1. The van der Waals surface area contributed by atoms with Crippen molar-refractivity contribution in [3.8, 4) is 5.75 Å². The Morgan fingerprint density at radius 1 is 1.26 bits per heavy atom. The number of carbonyl (C=O) groups is 3. The summed E-state index contributed by atoms with van der Waals surface area (Å²) in [5.41, 5.74) is 5.71. The van der Waals surface area contributed by atoms with Crippen molar-refractivity contribution in [1.82, 2.24) is 4.90 Å². The number of benzene rings is 1. The van der Waals surface area contributed by atoms with Crippen LogP contribution in [0.25, 0.3) is 0 Å². The lowest BCUT2D eigenvalue weighted by Gasteiger charge is -2.31. The Labute approximate surface area is 134 Å². The maximum Gasteiger partial charge on any atom is 0.337 e. The number of ether oxygens (including phenoxy) is 2. The summed E-state index contributed by atoms with van der Waals surface area (Å²) in [5.74, 6) is -0.797. The Kier molecular flexibility index (Phi) is 5.56. The highest BCUT2D eigenvalue weighted by Crippen LogP contribution is 2.17. The second kappa shape index (κ2) is 7.62. The number of carbonyl (C=O) groups excluding carboxylic acids is 3. The van der Waals surface area contributed by atoms with Gasteiger partial charge in [-0.2, -0.15) is 0 Å². The number of amides is 2.